The van der Waals surface area contributed by atoms with Gasteiger partial charge in [0.05, 0.1) is 0 Å². The first-order valence-corrected chi connectivity index (χ1v) is 8.77. The molecule has 0 unspecified atom stereocenters. The highest BCUT2D eigenvalue weighted by molar-refractivity contribution is 6.03. The van der Waals surface area contributed by atoms with Crippen LogP contribution in [0.25, 0.3) is 0 Å². The molecule has 132 valence electrons. The highest BCUT2D eigenvalue weighted by atomic mass is 16.1. The van der Waals surface area contributed by atoms with Gasteiger partial charge in [0.2, 0.25) is 0 Å². The molecule has 0 bridgehead atoms. The zero-order valence-electron chi connectivity index (χ0n) is 15.1. The molecule has 0 spiro atoms. The first kappa shape index (κ1) is 17.7. The van der Waals surface area contributed by atoms with Crippen molar-refractivity contribution >= 4 is 17.3 Å². The fourth-order valence-corrected chi connectivity index (χ4v) is 2.77. The Morgan fingerprint density at radius 2 is 1.73 bits per heavy atom. The molecule has 1 aromatic heterocycles. The van der Waals surface area contributed by atoms with Gasteiger partial charge in [0.25, 0.3) is 5.91 Å². The molecule has 0 saturated heterocycles. The predicted octanol–water partition coefficient (Wildman–Crippen LogP) is 5.07. The van der Waals surface area contributed by atoms with Crippen molar-refractivity contribution in [1.82, 2.24) is 4.98 Å². The third-order valence-corrected chi connectivity index (χ3v) is 4.16. The van der Waals surface area contributed by atoms with Crippen LogP contribution in [0.2, 0.25) is 0 Å². The Morgan fingerprint density at radius 3 is 2.50 bits per heavy atom. The van der Waals surface area contributed by atoms with Crippen LogP contribution in [0.1, 0.15) is 41.4 Å². The summed E-state index contributed by atoms with van der Waals surface area (Å²) in [6.07, 6.45) is 1.65. The van der Waals surface area contributed by atoms with Crippen molar-refractivity contribution in [3.63, 3.8) is 0 Å². The highest BCUT2D eigenvalue weighted by Gasteiger charge is 2.12. The smallest absolute Gasteiger partial charge is 0.274 e. The van der Waals surface area contributed by atoms with Crippen LogP contribution in [0.5, 0.6) is 0 Å². The van der Waals surface area contributed by atoms with Crippen LogP contribution >= 0.6 is 0 Å². The molecule has 2 aromatic carbocycles. The number of hydrogen-bond acceptors (Lipinski definition) is 3. The van der Waals surface area contributed by atoms with Gasteiger partial charge in [-0.15, -0.1) is 0 Å². The van der Waals surface area contributed by atoms with E-state index >= 15 is 0 Å². The summed E-state index contributed by atoms with van der Waals surface area (Å²) in [5, 5.41) is 6.31. The van der Waals surface area contributed by atoms with E-state index in [4.69, 9.17) is 0 Å². The Bertz CT molecular complexity index is 875. The van der Waals surface area contributed by atoms with Gasteiger partial charge < -0.3 is 10.6 Å². The Labute approximate surface area is 154 Å². The lowest BCUT2D eigenvalue weighted by atomic mass is 10.0. The number of aromatic nitrogens is 1. The van der Waals surface area contributed by atoms with Gasteiger partial charge in [0.15, 0.2) is 0 Å². The van der Waals surface area contributed by atoms with E-state index in [1.807, 2.05) is 48.5 Å². The van der Waals surface area contributed by atoms with Gasteiger partial charge in [-0.05, 0) is 35.2 Å². The predicted molar refractivity (Wildman–Crippen MR) is 106 cm³/mol. The van der Waals surface area contributed by atoms with Gasteiger partial charge in [-0.1, -0.05) is 62.4 Å². The molecule has 3 aromatic rings. The monoisotopic (exact) mass is 345 g/mol. The minimum absolute atomic E-state index is 0.207. The first-order valence-electron chi connectivity index (χ1n) is 8.77. The van der Waals surface area contributed by atoms with Crippen molar-refractivity contribution < 1.29 is 4.79 Å². The van der Waals surface area contributed by atoms with Crippen LogP contribution in [0.15, 0.2) is 72.9 Å². The lowest BCUT2D eigenvalue weighted by molar-refractivity contribution is 0.102. The third kappa shape index (κ3) is 4.48. The molecular weight excluding hydrogens is 322 g/mol. The second-order valence-electron chi connectivity index (χ2n) is 6.46. The number of benzene rings is 2. The Kier molecular flexibility index (Phi) is 5.64. The van der Waals surface area contributed by atoms with E-state index in [9.17, 15) is 4.79 Å². The number of hydrogen-bond donors (Lipinski definition) is 2. The Morgan fingerprint density at radius 1 is 1.00 bits per heavy atom. The number of carbonyl (C=O) groups excluding carboxylic acids is 1. The minimum atomic E-state index is -0.207. The van der Waals surface area contributed by atoms with Gasteiger partial charge in [-0.3, -0.25) is 9.78 Å². The summed E-state index contributed by atoms with van der Waals surface area (Å²) in [6.45, 7) is 4.91. The Balaban J connectivity index is 1.70. The summed E-state index contributed by atoms with van der Waals surface area (Å²) >= 11 is 0. The molecular formula is C22H23N3O. The summed E-state index contributed by atoms with van der Waals surface area (Å²) in [5.74, 6) is 0.125. The topological polar surface area (TPSA) is 54.0 Å². The maximum Gasteiger partial charge on any atom is 0.274 e. The molecule has 0 saturated carbocycles. The summed E-state index contributed by atoms with van der Waals surface area (Å²) < 4.78 is 0. The molecule has 0 fully saturated rings. The Hall–Kier alpha value is -3.14. The standard InChI is InChI=1S/C22H23N3O/c1-16(2)19-10-6-7-11-20(19)25-22(26)21-14-18(12-13-23-21)24-15-17-8-4-3-5-9-17/h3-14,16H,15H2,1-2H3,(H,23,24)(H,25,26). The SMILES string of the molecule is CC(C)c1ccccc1NC(=O)c1cc(NCc2ccccc2)ccn1. The number of para-hydroxylation sites is 1. The van der Waals surface area contributed by atoms with Gasteiger partial charge in [0.1, 0.15) is 5.69 Å². The number of rotatable bonds is 6. The summed E-state index contributed by atoms with van der Waals surface area (Å²) in [4.78, 5) is 16.8. The van der Waals surface area contributed by atoms with E-state index in [1.54, 1.807) is 12.3 Å². The number of carbonyl (C=O) groups is 1. The van der Waals surface area contributed by atoms with E-state index in [-0.39, 0.29) is 5.91 Å². The first-order chi connectivity index (χ1) is 12.6. The summed E-state index contributed by atoms with van der Waals surface area (Å²) in [6, 6.07) is 21.6. The maximum absolute atomic E-state index is 12.6. The number of nitrogens with one attached hydrogen (secondary N) is 2. The van der Waals surface area contributed by atoms with Crippen LogP contribution in [0, 0.1) is 0 Å². The van der Waals surface area contributed by atoms with Crippen LogP contribution in [-0.2, 0) is 6.54 Å². The fraction of sp³-hybridized carbons (Fsp3) is 0.182. The lowest BCUT2D eigenvalue weighted by Crippen LogP contribution is -2.15. The quantitative estimate of drug-likeness (QED) is 0.656. The molecule has 4 heteroatoms. The average molecular weight is 345 g/mol. The average Bonchev–Trinajstić information content (AvgIpc) is 2.67. The molecule has 0 aliphatic heterocycles. The van der Waals surface area contributed by atoms with Gasteiger partial charge >= 0.3 is 0 Å². The third-order valence-electron chi connectivity index (χ3n) is 4.16. The molecule has 3 rings (SSSR count). The van der Waals surface area contributed by atoms with Crippen LogP contribution in [-0.4, -0.2) is 10.9 Å². The molecule has 1 heterocycles. The molecule has 4 nitrogen and oxygen atoms in total. The molecule has 0 atom stereocenters. The van der Waals surface area contributed by atoms with E-state index in [2.05, 4.69) is 41.6 Å². The highest BCUT2D eigenvalue weighted by Crippen LogP contribution is 2.24. The van der Waals surface area contributed by atoms with Gasteiger partial charge in [-0.25, -0.2) is 0 Å². The van der Waals surface area contributed by atoms with Crippen LogP contribution in [0.3, 0.4) is 0 Å². The van der Waals surface area contributed by atoms with Crippen molar-refractivity contribution in [2.75, 3.05) is 10.6 Å². The van der Waals surface area contributed by atoms with Crippen LogP contribution in [0.4, 0.5) is 11.4 Å². The number of amides is 1. The minimum Gasteiger partial charge on any atom is -0.381 e. The van der Waals surface area contributed by atoms with Crippen molar-refractivity contribution in [2.24, 2.45) is 0 Å². The lowest BCUT2D eigenvalue weighted by Gasteiger charge is -2.14. The van der Waals surface area contributed by atoms with Crippen LogP contribution < -0.4 is 10.6 Å². The van der Waals surface area contributed by atoms with Crippen molar-refractivity contribution in [1.29, 1.82) is 0 Å². The van der Waals surface area contributed by atoms with Crippen molar-refractivity contribution in [3.05, 3.63) is 89.7 Å². The van der Waals surface area contributed by atoms with E-state index in [0.29, 0.717) is 18.2 Å². The second-order valence-corrected chi connectivity index (χ2v) is 6.46. The molecule has 2 N–H and O–H groups in total. The largest absolute Gasteiger partial charge is 0.381 e. The molecule has 1 amide bonds. The normalized spacial score (nSPS) is 10.6. The molecule has 26 heavy (non-hydrogen) atoms. The van der Waals surface area contributed by atoms with Crippen molar-refractivity contribution in [2.45, 2.75) is 26.3 Å². The zero-order valence-corrected chi connectivity index (χ0v) is 15.1. The molecule has 0 radical (unpaired) electrons. The second kappa shape index (κ2) is 8.30. The summed E-state index contributed by atoms with van der Waals surface area (Å²) in [5.41, 5.74) is 4.38. The maximum atomic E-state index is 12.6. The number of nitrogens with zero attached hydrogens (tertiary/aromatic N) is 1. The number of pyridine rings is 1. The molecule has 0 aliphatic rings. The van der Waals surface area contributed by atoms with E-state index in [1.165, 1.54) is 5.56 Å². The fourth-order valence-electron chi connectivity index (χ4n) is 2.77. The zero-order chi connectivity index (χ0) is 18.4. The van der Waals surface area contributed by atoms with Crippen molar-refractivity contribution in [3.8, 4) is 0 Å². The summed E-state index contributed by atoms with van der Waals surface area (Å²) in [7, 11) is 0. The molecule has 0 aliphatic carbocycles. The van der Waals surface area contributed by atoms with E-state index < -0.39 is 0 Å². The van der Waals surface area contributed by atoms with Gasteiger partial charge in [-0.2, -0.15) is 0 Å². The van der Waals surface area contributed by atoms with E-state index in [0.717, 1.165) is 16.9 Å². The van der Waals surface area contributed by atoms with Gasteiger partial charge in [0, 0.05) is 24.1 Å². The number of anilines is 2.